The van der Waals surface area contributed by atoms with Crippen LogP contribution in [0.5, 0.6) is 17.2 Å². The summed E-state index contributed by atoms with van der Waals surface area (Å²) in [6, 6.07) is 16.6. The van der Waals surface area contributed by atoms with E-state index in [9.17, 15) is 0 Å². The van der Waals surface area contributed by atoms with E-state index in [4.69, 9.17) is 26.4 Å². The number of rotatable bonds is 6. The number of aryl methyl sites for hydroxylation is 3. The molecule has 0 radical (unpaired) electrons. The van der Waals surface area contributed by atoms with Crippen molar-refractivity contribution in [3.8, 4) is 17.2 Å². The van der Waals surface area contributed by atoms with Gasteiger partial charge in [0, 0.05) is 12.2 Å². The van der Waals surface area contributed by atoms with Gasteiger partial charge in [-0.2, -0.15) is 0 Å². The van der Waals surface area contributed by atoms with Crippen LogP contribution in [-0.4, -0.2) is 37.4 Å². The Morgan fingerprint density at radius 1 is 0.971 bits per heavy atom. The highest BCUT2D eigenvalue weighted by Crippen LogP contribution is 2.39. The average molecular weight is 491 g/mol. The molecule has 0 saturated heterocycles. The second kappa shape index (κ2) is 10.6. The Balaban J connectivity index is 1.68. The van der Waals surface area contributed by atoms with Gasteiger partial charge in [-0.15, -0.1) is 0 Å². The van der Waals surface area contributed by atoms with Crippen molar-refractivity contribution in [1.29, 1.82) is 0 Å². The number of thiocarbonyl (C=S) groups is 1. The van der Waals surface area contributed by atoms with Crippen LogP contribution in [0, 0.1) is 27.7 Å². The Hall–Kier alpha value is -3.25. The minimum atomic E-state index is -0.0792. The van der Waals surface area contributed by atoms with E-state index in [1.807, 2.05) is 0 Å². The first-order chi connectivity index (χ1) is 16.8. The number of fused-ring (bicyclic) bond motifs is 1. The smallest absolute Gasteiger partial charge is 0.174 e. The lowest BCUT2D eigenvalue weighted by Crippen LogP contribution is -2.44. The van der Waals surface area contributed by atoms with Gasteiger partial charge < -0.3 is 24.4 Å². The second-order valence-corrected chi connectivity index (χ2v) is 9.56. The van der Waals surface area contributed by atoms with E-state index in [0.717, 1.165) is 35.7 Å². The predicted molar refractivity (Wildman–Crippen MR) is 146 cm³/mol. The second-order valence-electron chi connectivity index (χ2n) is 9.18. The fourth-order valence-corrected chi connectivity index (χ4v) is 5.04. The third kappa shape index (κ3) is 5.38. The molecule has 0 saturated carbocycles. The Morgan fingerprint density at radius 3 is 2.34 bits per heavy atom. The van der Waals surface area contributed by atoms with E-state index in [1.54, 1.807) is 14.2 Å². The summed E-state index contributed by atoms with van der Waals surface area (Å²) in [6.07, 6.45) is 0.852. The molecule has 184 valence electrons. The first-order valence-corrected chi connectivity index (χ1v) is 12.3. The molecule has 0 aliphatic carbocycles. The highest BCUT2D eigenvalue weighted by Gasteiger charge is 2.31. The summed E-state index contributed by atoms with van der Waals surface area (Å²) in [5.41, 5.74) is 8.18. The normalized spacial score (nSPS) is 14.8. The summed E-state index contributed by atoms with van der Waals surface area (Å²) in [6.45, 7) is 9.63. The number of hydrogen-bond acceptors (Lipinski definition) is 4. The maximum atomic E-state index is 6.37. The van der Waals surface area contributed by atoms with Gasteiger partial charge >= 0.3 is 0 Å². The molecule has 35 heavy (non-hydrogen) atoms. The van der Waals surface area contributed by atoms with E-state index in [-0.39, 0.29) is 6.04 Å². The van der Waals surface area contributed by atoms with Crippen LogP contribution >= 0.6 is 12.2 Å². The van der Waals surface area contributed by atoms with Gasteiger partial charge in [0.1, 0.15) is 12.4 Å². The Labute approximate surface area is 214 Å². The summed E-state index contributed by atoms with van der Waals surface area (Å²) in [5.74, 6) is 2.31. The van der Waals surface area contributed by atoms with Gasteiger partial charge in [-0.1, -0.05) is 18.2 Å². The van der Waals surface area contributed by atoms with Crippen LogP contribution in [0.15, 0.2) is 48.5 Å². The van der Waals surface area contributed by atoms with Crippen LogP contribution in [0.25, 0.3) is 0 Å². The summed E-state index contributed by atoms with van der Waals surface area (Å²) >= 11 is 5.95. The monoisotopic (exact) mass is 490 g/mol. The minimum absolute atomic E-state index is 0.0792. The number of ether oxygens (including phenoxy) is 3. The van der Waals surface area contributed by atoms with Gasteiger partial charge in [-0.25, -0.2) is 0 Å². The fourth-order valence-electron chi connectivity index (χ4n) is 4.72. The van der Waals surface area contributed by atoms with Crippen molar-refractivity contribution in [1.82, 2.24) is 4.90 Å². The third-order valence-corrected chi connectivity index (χ3v) is 7.05. The number of hydrogen-bond donors (Lipinski definition) is 1. The molecule has 3 aromatic carbocycles. The fraction of sp³-hybridized carbons (Fsp3) is 0.345. The SMILES string of the molecule is COc1cc2c(cc1OC)C(COc1cc(C)cc(C)c1)N(C(=S)Nc1cccc(C)c1C)CC2. The molecule has 0 aromatic heterocycles. The molecule has 3 aromatic rings. The van der Waals surface area contributed by atoms with Crippen LogP contribution in [0.4, 0.5) is 5.69 Å². The molecular weight excluding hydrogens is 456 g/mol. The number of anilines is 1. The molecule has 1 N–H and O–H groups in total. The van der Waals surface area contributed by atoms with Crippen molar-refractivity contribution < 1.29 is 14.2 Å². The average Bonchev–Trinajstić information content (AvgIpc) is 2.83. The van der Waals surface area contributed by atoms with E-state index in [2.05, 4.69) is 86.4 Å². The van der Waals surface area contributed by atoms with Gasteiger partial charge in [0.05, 0.1) is 20.3 Å². The molecule has 1 aliphatic rings. The lowest BCUT2D eigenvalue weighted by Gasteiger charge is -2.39. The van der Waals surface area contributed by atoms with Gasteiger partial charge in [-0.05, 0) is 110 Å². The first kappa shape index (κ1) is 24.9. The van der Waals surface area contributed by atoms with Gasteiger partial charge in [-0.3, -0.25) is 0 Å². The van der Waals surface area contributed by atoms with Gasteiger partial charge in [0.2, 0.25) is 0 Å². The van der Waals surface area contributed by atoms with Crippen molar-refractivity contribution in [3.63, 3.8) is 0 Å². The highest BCUT2D eigenvalue weighted by molar-refractivity contribution is 7.80. The van der Waals surface area contributed by atoms with Crippen molar-refractivity contribution in [3.05, 3.63) is 81.9 Å². The summed E-state index contributed by atoms with van der Waals surface area (Å²) in [7, 11) is 3.34. The highest BCUT2D eigenvalue weighted by atomic mass is 32.1. The van der Waals surface area contributed by atoms with Crippen molar-refractivity contribution in [2.75, 3.05) is 32.7 Å². The quantitative estimate of drug-likeness (QED) is 0.408. The standard InChI is InChI=1S/C29H34N2O3S/c1-18-12-19(2)14-23(13-18)34-17-26-24-16-28(33-6)27(32-5)15-22(24)10-11-31(26)29(35)30-25-9-7-8-20(3)21(25)4/h7-9,12-16,26H,10-11,17H2,1-6H3,(H,30,35). The Kier molecular flexibility index (Phi) is 7.51. The van der Waals surface area contributed by atoms with Crippen LogP contribution in [-0.2, 0) is 6.42 Å². The molecule has 1 aliphatic heterocycles. The summed E-state index contributed by atoms with van der Waals surface area (Å²) in [5, 5.41) is 4.18. The molecule has 0 fully saturated rings. The zero-order chi connectivity index (χ0) is 25.1. The molecule has 6 heteroatoms. The van der Waals surface area contributed by atoms with Crippen molar-refractivity contribution in [2.45, 2.75) is 40.2 Å². The molecular formula is C29H34N2O3S. The predicted octanol–water partition coefficient (Wildman–Crippen LogP) is 6.31. The molecule has 1 atom stereocenters. The molecule has 0 bridgehead atoms. The van der Waals surface area contributed by atoms with E-state index < -0.39 is 0 Å². The van der Waals surface area contributed by atoms with E-state index >= 15 is 0 Å². The van der Waals surface area contributed by atoms with Gasteiger partial charge in [0.25, 0.3) is 0 Å². The van der Waals surface area contributed by atoms with E-state index in [1.165, 1.54) is 27.8 Å². The Bertz CT molecular complexity index is 1220. The van der Waals surface area contributed by atoms with E-state index in [0.29, 0.717) is 17.5 Å². The zero-order valence-corrected chi connectivity index (χ0v) is 22.2. The van der Waals surface area contributed by atoms with Crippen molar-refractivity contribution in [2.24, 2.45) is 0 Å². The van der Waals surface area contributed by atoms with Crippen LogP contribution in [0.3, 0.4) is 0 Å². The third-order valence-electron chi connectivity index (χ3n) is 6.71. The molecule has 1 unspecified atom stereocenters. The lowest BCUT2D eigenvalue weighted by molar-refractivity contribution is 0.190. The van der Waals surface area contributed by atoms with Crippen molar-refractivity contribution >= 4 is 23.0 Å². The molecule has 4 rings (SSSR count). The van der Waals surface area contributed by atoms with Crippen LogP contribution in [0.2, 0.25) is 0 Å². The first-order valence-electron chi connectivity index (χ1n) is 11.9. The lowest BCUT2D eigenvalue weighted by atomic mass is 9.92. The number of nitrogens with zero attached hydrogens (tertiary/aromatic N) is 1. The molecule has 0 spiro atoms. The van der Waals surface area contributed by atoms with Crippen LogP contribution in [0.1, 0.15) is 39.4 Å². The minimum Gasteiger partial charge on any atom is -0.493 e. The summed E-state index contributed by atoms with van der Waals surface area (Å²) in [4.78, 5) is 2.23. The maximum absolute atomic E-state index is 6.37. The van der Waals surface area contributed by atoms with Gasteiger partial charge in [0.15, 0.2) is 16.6 Å². The molecule has 5 nitrogen and oxygen atoms in total. The largest absolute Gasteiger partial charge is 0.493 e. The summed E-state index contributed by atoms with van der Waals surface area (Å²) < 4.78 is 17.6. The Morgan fingerprint density at radius 2 is 1.66 bits per heavy atom. The number of methoxy groups -OCH3 is 2. The maximum Gasteiger partial charge on any atom is 0.174 e. The topological polar surface area (TPSA) is 43.0 Å². The number of nitrogens with one attached hydrogen (secondary N) is 1. The zero-order valence-electron chi connectivity index (χ0n) is 21.4. The van der Waals surface area contributed by atoms with Crippen LogP contribution < -0.4 is 19.5 Å². The molecule has 1 heterocycles. The number of benzene rings is 3. The molecule has 0 amide bonds.